The first-order chi connectivity index (χ1) is 9.72. The zero-order chi connectivity index (χ0) is 14.1. The van der Waals surface area contributed by atoms with Crippen molar-refractivity contribution >= 4 is 0 Å². The number of hydrogen-bond donors (Lipinski definition) is 1. The lowest BCUT2D eigenvalue weighted by molar-refractivity contribution is 0.169. The highest BCUT2D eigenvalue weighted by Crippen LogP contribution is 2.40. The number of hydrogen-bond acceptors (Lipinski definition) is 3. The van der Waals surface area contributed by atoms with E-state index in [9.17, 15) is 0 Å². The monoisotopic (exact) mass is 274 g/mol. The fraction of sp³-hybridized carbons (Fsp3) is 0.647. The van der Waals surface area contributed by atoms with E-state index in [0.29, 0.717) is 18.0 Å². The number of benzene rings is 1. The molecule has 0 bridgehead atoms. The molecule has 20 heavy (non-hydrogen) atoms. The maximum Gasteiger partial charge on any atom is 0.119 e. The van der Waals surface area contributed by atoms with Crippen LogP contribution in [0.15, 0.2) is 18.2 Å². The molecule has 0 saturated carbocycles. The predicted octanol–water partition coefficient (Wildman–Crippen LogP) is 2.74. The van der Waals surface area contributed by atoms with Crippen LogP contribution in [-0.4, -0.2) is 31.1 Å². The molecule has 1 aliphatic carbocycles. The fourth-order valence-corrected chi connectivity index (χ4v) is 4.00. The Morgan fingerprint density at radius 2 is 2.25 bits per heavy atom. The molecule has 1 aromatic rings. The average molecular weight is 274 g/mol. The zero-order valence-electron chi connectivity index (χ0n) is 12.6. The van der Waals surface area contributed by atoms with Gasteiger partial charge in [-0.2, -0.15) is 0 Å². The van der Waals surface area contributed by atoms with Crippen molar-refractivity contribution in [1.29, 1.82) is 0 Å². The Labute approximate surface area is 122 Å². The normalized spacial score (nSPS) is 30.2. The van der Waals surface area contributed by atoms with Gasteiger partial charge in [0.25, 0.3) is 0 Å². The first-order valence-electron chi connectivity index (χ1n) is 7.85. The lowest BCUT2D eigenvalue weighted by atomic mass is 9.86. The highest BCUT2D eigenvalue weighted by Gasteiger charge is 2.35. The molecule has 3 rings (SSSR count). The summed E-state index contributed by atoms with van der Waals surface area (Å²) in [5, 5.41) is 0. The first kappa shape index (κ1) is 13.9. The van der Waals surface area contributed by atoms with Crippen LogP contribution >= 0.6 is 0 Å². The minimum Gasteiger partial charge on any atom is -0.497 e. The number of methoxy groups -OCH3 is 1. The van der Waals surface area contributed by atoms with Crippen molar-refractivity contribution in [2.45, 2.75) is 44.7 Å². The van der Waals surface area contributed by atoms with E-state index >= 15 is 0 Å². The molecular formula is C17H26N2O. The maximum absolute atomic E-state index is 5.88. The third-order valence-corrected chi connectivity index (χ3v) is 5.08. The first-order valence-corrected chi connectivity index (χ1v) is 7.85. The van der Waals surface area contributed by atoms with Crippen molar-refractivity contribution in [3.05, 3.63) is 29.3 Å². The molecule has 3 heteroatoms. The number of aryl methyl sites for hydroxylation is 1. The third kappa shape index (κ3) is 2.45. The molecule has 0 spiro atoms. The summed E-state index contributed by atoms with van der Waals surface area (Å²) in [7, 11) is 1.75. The molecule has 0 aromatic heterocycles. The Kier molecular flexibility index (Phi) is 3.99. The smallest absolute Gasteiger partial charge is 0.119 e. The fourth-order valence-electron chi connectivity index (χ4n) is 4.00. The van der Waals surface area contributed by atoms with Crippen molar-refractivity contribution < 1.29 is 4.74 Å². The van der Waals surface area contributed by atoms with E-state index in [2.05, 4.69) is 30.0 Å². The van der Waals surface area contributed by atoms with Crippen LogP contribution in [0.2, 0.25) is 0 Å². The van der Waals surface area contributed by atoms with Gasteiger partial charge in [0.1, 0.15) is 5.75 Å². The summed E-state index contributed by atoms with van der Waals surface area (Å²) in [5.41, 5.74) is 8.87. The molecule has 3 unspecified atom stereocenters. The second-order valence-corrected chi connectivity index (χ2v) is 6.36. The van der Waals surface area contributed by atoms with E-state index in [1.165, 1.54) is 36.8 Å². The van der Waals surface area contributed by atoms with Gasteiger partial charge in [0.05, 0.1) is 7.11 Å². The number of ether oxygens (including phenoxy) is 1. The molecule has 3 nitrogen and oxygen atoms in total. The van der Waals surface area contributed by atoms with E-state index in [4.69, 9.17) is 10.5 Å². The van der Waals surface area contributed by atoms with E-state index in [-0.39, 0.29) is 0 Å². The molecule has 1 saturated heterocycles. The molecule has 0 radical (unpaired) electrons. The van der Waals surface area contributed by atoms with Gasteiger partial charge in [-0.15, -0.1) is 0 Å². The summed E-state index contributed by atoms with van der Waals surface area (Å²) in [6.45, 7) is 4.32. The van der Waals surface area contributed by atoms with Gasteiger partial charge in [-0.3, -0.25) is 4.90 Å². The van der Waals surface area contributed by atoms with Gasteiger partial charge in [-0.1, -0.05) is 6.07 Å². The molecule has 2 aliphatic rings. The summed E-state index contributed by atoms with van der Waals surface area (Å²) in [6, 6.07) is 7.80. The van der Waals surface area contributed by atoms with Crippen LogP contribution in [0.25, 0.3) is 0 Å². The molecule has 0 amide bonds. The largest absolute Gasteiger partial charge is 0.497 e. The molecule has 1 aromatic carbocycles. The Morgan fingerprint density at radius 3 is 2.95 bits per heavy atom. The van der Waals surface area contributed by atoms with Crippen LogP contribution in [0.1, 0.15) is 43.4 Å². The van der Waals surface area contributed by atoms with Crippen LogP contribution in [-0.2, 0) is 6.42 Å². The quantitative estimate of drug-likeness (QED) is 0.921. The van der Waals surface area contributed by atoms with Crippen LogP contribution in [0.4, 0.5) is 0 Å². The molecule has 2 N–H and O–H groups in total. The number of nitrogens with two attached hydrogens (primary N) is 1. The molecule has 110 valence electrons. The van der Waals surface area contributed by atoms with Crippen molar-refractivity contribution in [3.8, 4) is 5.75 Å². The van der Waals surface area contributed by atoms with Crippen molar-refractivity contribution in [1.82, 2.24) is 4.90 Å². The Balaban J connectivity index is 1.89. The molecule has 1 aliphatic heterocycles. The summed E-state index contributed by atoms with van der Waals surface area (Å²) in [4.78, 5) is 2.68. The average Bonchev–Trinajstić information content (AvgIpc) is 2.87. The van der Waals surface area contributed by atoms with Crippen molar-refractivity contribution in [2.75, 3.05) is 20.2 Å². The van der Waals surface area contributed by atoms with Gasteiger partial charge in [0.2, 0.25) is 0 Å². The standard InChI is InChI=1S/C17H26N2O/c1-12-8-13(10-18)11-19(12)17-5-3-4-14-6-7-15(20-2)9-16(14)17/h6-7,9,12-13,17H,3-5,8,10-11,18H2,1-2H3. The Morgan fingerprint density at radius 1 is 1.40 bits per heavy atom. The minimum atomic E-state index is 0.556. The number of likely N-dealkylation sites (tertiary alicyclic amines) is 1. The summed E-state index contributed by atoms with van der Waals surface area (Å²) in [5.74, 6) is 1.65. The van der Waals surface area contributed by atoms with Gasteiger partial charge in [0.15, 0.2) is 0 Å². The predicted molar refractivity (Wildman–Crippen MR) is 82.0 cm³/mol. The van der Waals surface area contributed by atoms with Gasteiger partial charge < -0.3 is 10.5 Å². The topological polar surface area (TPSA) is 38.5 Å². The molecular weight excluding hydrogens is 248 g/mol. The zero-order valence-corrected chi connectivity index (χ0v) is 12.6. The second kappa shape index (κ2) is 5.74. The highest BCUT2D eigenvalue weighted by molar-refractivity contribution is 5.39. The summed E-state index contributed by atoms with van der Waals surface area (Å²) < 4.78 is 5.42. The second-order valence-electron chi connectivity index (χ2n) is 6.36. The third-order valence-electron chi connectivity index (χ3n) is 5.08. The van der Waals surface area contributed by atoms with Gasteiger partial charge in [0, 0.05) is 18.6 Å². The maximum atomic E-state index is 5.88. The highest BCUT2D eigenvalue weighted by atomic mass is 16.5. The van der Waals surface area contributed by atoms with Crippen LogP contribution in [0, 0.1) is 5.92 Å². The van der Waals surface area contributed by atoms with Crippen LogP contribution in [0.3, 0.4) is 0 Å². The molecule has 1 fully saturated rings. The Hall–Kier alpha value is -1.06. The van der Waals surface area contributed by atoms with E-state index < -0.39 is 0 Å². The van der Waals surface area contributed by atoms with Gasteiger partial charge in [-0.25, -0.2) is 0 Å². The minimum absolute atomic E-state index is 0.556. The summed E-state index contributed by atoms with van der Waals surface area (Å²) >= 11 is 0. The Bertz CT molecular complexity index is 474. The van der Waals surface area contributed by atoms with Crippen molar-refractivity contribution in [3.63, 3.8) is 0 Å². The summed E-state index contributed by atoms with van der Waals surface area (Å²) in [6.07, 6.45) is 5.01. The van der Waals surface area contributed by atoms with E-state index in [1.54, 1.807) is 7.11 Å². The SMILES string of the molecule is COc1ccc2c(c1)C(N1CC(CN)CC1C)CCC2. The van der Waals surface area contributed by atoms with Gasteiger partial charge >= 0.3 is 0 Å². The van der Waals surface area contributed by atoms with Crippen molar-refractivity contribution in [2.24, 2.45) is 11.7 Å². The van der Waals surface area contributed by atoms with Gasteiger partial charge in [-0.05, 0) is 68.3 Å². The molecule has 3 atom stereocenters. The lowest BCUT2D eigenvalue weighted by Gasteiger charge is -2.36. The van der Waals surface area contributed by atoms with E-state index in [1.807, 2.05) is 0 Å². The lowest BCUT2D eigenvalue weighted by Crippen LogP contribution is -2.34. The molecule has 1 heterocycles. The van der Waals surface area contributed by atoms with Crippen LogP contribution in [0.5, 0.6) is 5.75 Å². The van der Waals surface area contributed by atoms with E-state index in [0.717, 1.165) is 18.8 Å². The van der Waals surface area contributed by atoms with Crippen LogP contribution < -0.4 is 10.5 Å². The number of nitrogens with zero attached hydrogens (tertiary/aromatic N) is 1. The number of rotatable bonds is 3. The number of fused-ring (bicyclic) bond motifs is 1.